The molecule has 0 spiro atoms. The van der Waals surface area contributed by atoms with E-state index in [1.807, 2.05) is 24.3 Å². The fourth-order valence-corrected chi connectivity index (χ4v) is 0.918. The van der Waals surface area contributed by atoms with E-state index >= 15 is 0 Å². The Morgan fingerprint density at radius 3 is 3.00 bits per heavy atom. The first-order valence-electron chi connectivity index (χ1n) is 4.08. The van der Waals surface area contributed by atoms with Crippen LogP contribution >= 0.6 is 0 Å². The molecule has 0 aromatic heterocycles. The predicted molar refractivity (Wildman–Crippen MR) is 55.4 cm³/mol. The minimum absolute atomic E-state index is 0.533. The van der Waals surface area contributed by atoms with Crippen molar-refractivity contribution in [1.29, 1.82) is 0 Å². The Morgan fingerprint density at radius 2 is 2.36 bits per heavy atom. The molecule has 1 aromatic rings. The molecule has 0 N–H and O–H groups in total. The summed E-state index contributed by atoms with van der Waals surface area (Å²) >= 11 is 0. The van der Waals surface area contributed by atoms with E-state index in [9.17, 15) is 4.79 Å². The number of methoxy groups -OCH3 is 1. The molecule has 0 aliphatic heterocycles. The van der Waals surface area contributed by atoms with Gasteiger partial charge in [0.2, 0.25) is 0 Å². The van der Waals surface area contributed by atoms with Crippen LogP contribution in [0.2, 0.25) is 0 Å². The summed E-state index contributed by atoms with van der Waals surface area (Å²) in [6.45, 7) is 3.64. The minimum Gasteiger partial charge on any atom is -0.459 e. The highest BCUT2D eigenvalue weighted by molar-refractivity contribution is 5.89. The van der Waals surface area contributed by atoms with Crippen molar-refractivity contribution in [2.24, 2.45) is 0 Å². The Kier molecular flexibility index (Phi) is 3.51. The molecule has 0 bridgehead atoms. The van der Waals surface area contributed by atoms with Crippen LogP contribution in [0.4, 0.5) is 0 Å². The van der Waals surface area contributed by atoms with Gasteiger partial charge in [0.05, 0.1) is 7.11 Å². The number of hydrogen-bond donors (Lipinski definition) is 0. The van der Waals surface area contributed by atoms with E-state index in [2.05, 4.69) is 23.2 Å². The summed E-state index contributed by atoms with van der Waals surface area (Å²) in [7, 11) is 1.30. The van der Waals surface area contributed by atoms with Crippen molar-refractivity contribution in [3.05, 3.63) is 42.0 Å². The molecule has 70 valence electrons. The molecular weight excluding hydrogens is 176 g/mol. The summed E-state index contributed by atoms with van der Waals surface area (Å²) in [5, 5.41) is 0. The van der Waals surface area contributed by atoms with E-state index in [1.54, 1.807) is 6.08 Å². The van der Waals surface area contributed by atoms with Gasteiger partial charge in [0, 0.05) is 11.5 Å². The maximum absolute atomic E-state index is 10.7. The molecular formula is C12H10O2. The Hall–Kier alpha value is -2.01. The third kappa shape index (κ3) is 2.80. The first kappa shape index (κ1) is 10.1. The topological polar surface area (TPSA) is 26.3 Å². The van der Waals surface area contributed by atoms with Gasteiger partial charge in [0.1, 0.15) is 0 Å². The molecule has 2 nitrogen and oxygen atoms in total. The number of hydrogen-bond acceptors (Lipinski definition) is 2. The molecule has 0 aliphatic rings. The predicted octanol–water partition coefficient (Wildman–Crippen LogP) is 1.85. The molecule has 2 heteroatoms. The fraction of sp³-hybridized carbons (Fsp3) is 0.0833. The zero-order valence-corrected chi connectivity index (χ0v) is 7.91. The fourth-order valence-electron chi connectivity index (χ4n) is 0.918. The van der Waals surface area contributed by atoms with Crippen molar-refractivity contribution in [1.82, 2.24) is 0 Å². The van der Waals surface area contributed by atoms with Crippen molar-refractivity contribution in [2.75, 3.05) is 7.11 Å². The number of carbonyl (C=O) groups excluding carboxylic acids is 1. The van der Waals surface area contributed by atoms with E-state index in [1.165, 1.54) is 7.11 Å². The first-order valence-corrected chi connectivity index (χ1v) is 4.08. The summed E-state index contributed by atoms with van der Waals surface area (Å²) in [6, 6.07) is 7.44. The Balaban J connectivity index is 2.89. The summed E-state index contributed by atoms with van der Waals surface area (Å²) in [6.07, 6.45) is 1.73. The molecule has 0 heterocycles. The molecule has 0 fully saturated rings. The van der Waals surface area contributed by atoms with Crippen LogP contribution < -0.4 is 0 Å². The largest absolute Gasteiger partial charge is 0.459 e. The molecule has 14 heavy (non-hydrogen) atoms. The van der Waals surface area contributed by atoms with Crippen LogP contribution in [0.1, 0.15) is 11.1 Å². The van der Waals surface area contributed by atoms with Gasteiger partial charge in [-0.25, -0.2) is 4.79 Å². The van der Waals surface area contributed by atoms with Gasteiger partial charge in [0.25, 0.3) is 0 Å². The Morgan fingerprint density at radius 1 is 1.57 bits per heavy atom. The first-order chi connectivity index (χ1) is 6.76. The third-order valence-electron chi connectivity index (χ3n) is 1.62. The van der Waals surface area contributed by atoms with Crippen LogP contribution in [0.25, 0.3) is 6.08 Å². The van der Waals surface area contributed by atoms with Crippen LogP contribution in [0.3, 0.4) is 0 Å². The van der Waals surface area contributed by atoms with Crippen LogP contribution in [-0.2, 0) is 9.53 Å². The smallest absolute Gasteiger partial charge is 0.384 e. The highest BCUT2D eigenvalue weighted by Crippen LogP contribution is 2.04. The monoisotopic (exact) mass is 186 g/mol. The lowest BCUT2D eigenvalue weighted by Gasteiger charge is -1.92. The average Bonchev–Trinajstić information content (AvgIpc) is 2.26. The molecule has 0 saturated heterocycles. The van der Waals surface area contributed by atoms with Crippen molar-refractivity contribution in [3.8, 4) is 11.8 Å². The zero-order chi connectivity index (χ0) is 10.4. The maximum atomic E-state index is 10.7. The van der Waals surface area contributed by atoms with Crippen LogP contribution in [0.5, 0.6) is 0 Å². The summed E-state index contributed by atoms with van der Waals surface area (Å²) in [4.78, 5) is 10.7. The normalized spacial score (nSPS) is 8.36. The number of rotatable bonds is 1. The van der Waals surface area contributed by atoms with Crippen LogP contribution in [-0.4, -0.2) is 13.1 Å². The van der Waals surface area contributed by atoms with Crippen LogP contribution in [0, 0.1) is 11.8 Å². The van der Waals surface area contributed by atoms with Gasteiger partial charge in [0.15, 0.2) is 0 Å². The van der Waals surface area contributed by atoms with Gasteiger partial charge in [-0.3, -0.25) is 0 Å². The quantitative estimate of drug-likeness (QED) is 0.494. The molecule has 0 aliphatic carbocycles. The SMILES string of the molecule is C=Cc1cccc(C#CC(=O)OC)c1. The van der Waals surface area contributed by atoms with E-state index in [4.69, 9.17) is 0 Å². The van der Waals surface area contributed by atoms with E-state index in [0.717, 1.165) is 11.1 Å². The molecule has 0 saturated carbocycles. The Labute approximate surface area is 83.2 Å². The van der Waals surface area contributed by atoms with E-state index in [0.29, 0.717) is 0 Å². The second-order valence-corrected chi connectivity index (χ2v) is 2.57. The Bertz CT molecular complexity index is 408. The molecule has 0 radical (unpaired) electrons. The highest BCUT2D eigenvalue weighted by atomic mass is 16.5. The van der Waals surface area contributed by atoms with Gasteiger partial charge in [-0.05, 0) is 17.7 Å². The van der Waals surface area contributed by atoms with Crippen molar-refractivity contribution in [3.63, 3.8) is 0 Å². The highest BCUT2D eigenvalue weighted by Gasteiger charge is 1.91. The van der Waals surface area contributed by atoms with Gasteiger partial charge in [-0.15, -0.1) is 0 Å². The van der Waals surface area contributed by atoms with Gasteiger partial charge in [-0.2, -0.15) is 0 Å². The summed E-state index contributed by atoms with van der Waals surface area (Å²) in [5.74, 6) is 4.52. The summed E-state index contributed by atoms with van der Waals surface area (Å²) in [5.41, 5.74) is 1.74. The third-order valence-corrected chi connectivity index (χ3v) is 1.62. The van der Waals surface area contributed by atoms with E-state index in [-0.39, 0.29) is 0 Å². The summed E-state index contributed by atoms with van der Waals surface area (Å²) < 4.78 is 4.40. The zero-order valence-electron chi connectivity index (χ0n) is 7.91. The molecule has 0 atom stereocenters. The average molecular weight is 186 g/mol. The van der Waals surface area contributed by atoms with Crippen molar-refractivity contribution in [2.45, 2.75) is 0 Å². The lowest BCUT2D eigenvalue weighted by atomic mass is 10.1. The molecule has 0 amide bonds. The second-order valence-electron chi connectivity index (χ2n) is 2.57. The standard InChI is InChI=1S/C12H10O2/c1-3-10-5-4-6-11(9-10)7-8-12(13)14-2/h3-6,9H,1H2,2H3. The van der Waals surface area contributed by atoms with Crippen molar-refractivity contribution >= 4 is 12.0 Å². The van der Waals surface area contributed by atoms with E-state index < -0.39 is 5.97 Å². The lowest BCUT2D eigenvalue weighted by Crippen LogP contribution is -1.94. The maximum Gasteiger partial charge on any atom is 0.384 e. The molecule has 1 rings (SSSR count). The van der Waals surface area contributed by atoms with Crippen molar-refractivity contribution < 1.29 is 9.53 Å². The minimum atomic E-state index is -0.533. The number of ether oxygens (including phenoxy) is 1. The number of carbonyl (C=O) groups is 1. The van der Waals surface area contributed by atoms with Crippen LogP contribution in [0.15, 0.2) is 30.8 Å². The lowest BCUT2D eigenvalue weighted by molar-refractivity contribution is -0.133. The second kappa shape index (κ2) is 4.88. The molecule has 0 unspecified atom stereocenters. The number of benzene rings is 1. The number of esters is 1. The van der Waals surface area contributed by atoms with Gasteiger partial charge in [-0.1, -0.05) is 30.7 Å². The molecule has 1 aromatic carbocycles. The van der Waals surface area contributed by atoms with Gasteiger partial charge < -0.3 is 4.74 Å². The van der Waals surface area contributed by atoms with Gasteiger partial charge >= 0.3 is 5.97 Å².